The highest BCUT2D eigenvalue weighted by Gasteiger charge is 2.21. The lowest BCUT2D eigenvalue weighted by atomic mass is 10.1. The number of aromatic carboxylic acids is 1. The summed E-state index contributed by atoms with van der Waals surface area (Å²) < 4.78 is 16.4. The summed E-state index contributed by atoms with van der Waals surface area (Å²) in [6.45, 7) is 2.95. The number of carbonyl (C=O) groups is 1. The number of halogens is 1. The van der Waals surface area contributed by atoms with E-state index in [1.54, 1.807) is 4.57 Å². The highest BCUT2D eigenvalue weighted by Crippen LogP contribution is 2.22. The number of piperazine rings is 1. The van der Waals surface area contributed by atoms with Crippen LogP contribution in [0.3, 0.4) is 0 Å². The zero-order chi connectivity index (χ0) is 19.7. The Morgan fingerprint density at radius 2 is 1.93 bits per heavy atom. The summed E-state index contributed by atoms with van der Waals surface area (Å²) in [4.78, 5) is 30.4. The van der Waals surface area contributed by atoms with E-state index in [2.05, 4.69) is 10.3 Å². The van der Waals surface area contributed by atoms with E-state index in [-0.39, 0.29) is 16.9 Å². The van der Waals surface area contributed by atoms with Crippen LogP contribution in [-0.2, 0) is 6.54 Å². The number of anilines is 1. The van der Waals surface area contributed by atoms with Gasteiger partial charge in [-0.25, -0.2) is 14.2 Å². The molecular weight excluding hydrogens is 363 g/mol. The van der Waals surface area contributed by atoms with Crippen molar-refractivity contribution in [3.8, 4) is 0 Å². The zero-order valence-electron chi connectivity index (χ0n) is 15.1. The van der Waals surface area contributed by atoms with Gasteiger partial charge in [0.1, 0.15) is 11.2 Å². The average Bonchev–Trinajstić information content (AvgIpc) is 2.71. The van der Waals surface area contributed by atoms with Crippen molar-refractivity contribution in [3.05, 3.63) is 69.8 Å². The van der Waals surface area contributed by atoms with E-state index in [0.29, 0.717) is 32.7 Å². The molecule has 0 spiro atoms. The third-order valence-electron chi connectivity index (χ3n) is 4.83. The molecule has 1 saturated heterocycles. The maximum absolute atomic E-state index is 14.8. The van der Waals surface area contributed by atoms with Crippen LogP contribution >= 0.6 is 0 Å². The van der Waals surface area contributed by atoms with E-state index in [0.717, 1.165) is 11.6 Å². The van der Waals surface area contributed by atoms with Crippen LogP contribution < -0.4 is 15.6 Å². The van der Waals surface area contributed by atoms with E-state index >= 15 is 0 Å². The van der Waals surface area contributed by atoms with Gasteiger partial charge >= 0.3 is 5.97 Å². The quantitative estimate of drug-likeness (QED) is 0.714. The van der Waals surface area contributed by atoms with Gasteiger partial charge in [0.05, 0.1) is 5.39 Å². The van der Waals surface area contributed by atoms with Gasteiger partial charge in [0.25, 0.3) is 0 Å². The molecule has 144 valence electrons. The Hall–Kier alpha value is -3.26. The number of benzene rings is 1. The molecule has 2 N–H and O–H groups in total. The van der Waals surface area contributed by atoms with Gasteiger partial charge in [0, 0.05) is 38.9 Å². The molecule has 0 bridgehead atoms. The van der Waals surface area contributed by atoms with Gasteiger partial charge in [0.15, 0.2) is 11.6 Å². The van der Waals surface area contributed by atoms with Gasteiger partial charge < -0.3 is 19.9 Å². The first-order valence-corrected chi connectivity index (χ1v) is 9.01. The predicted octanol–water partition coefficient (Wildman–Crippen LogP) is 1.69. The minimum atomic E-state index is -1.35. The second-order valence-electron chi connectivity index (χ2n) is 6.69. The fourth-order valence-corrected chi connectivity index (χ4v) is 3.43. The van der Waals surface area contributed by atoms with Crippen LogP contribution in [0.15, 0.2) is 47.4 Å². The third-order valence-corrected chi connectivity index (χ3v) is 4.83. The van der Waals surface area contributed by atoms with Crippen molar-refractivity contribution >= 4 is 22.8 Å². The molecule has 3 heterocycles. The van der Waals surface area contributed by atoms with Crippen molar-refractivity contribution in [1.29, 1.82) is 0 Å². The number of carboxylic acids is 1. The van der Waals surface area contributed by atoms with Crippen LogP contribution in [0.25, 0.3) is 11.0 Å². The first-order valence-electron chi connectivity index (χ1n) is 9.01. The van der Waals surface area contributed by atoms with E-state index < -0.39 is 22.8 Å². The molecule has 1 aliphatic heterocycles. The summed E-state index contributed by atoms with van der Waals surface area (Å²) in [7, 11) is 0. The Morgan fingerprint density at radius 3 is 2.61 bits per heavy atom. The van der Waals surface area contributed by atoms with Gasteiger partial charge in [-0.3, -0.25) is 4.79 Å². The molecule has 7 nitrogen and oxygen atoms in total. The number of pyridine rings is 2. The summed E-state index contributed by atoms with van der Waals surface area (Å²) in [6, 6.07) is 10.5. The van der Waals surface area contributed by atoms with Crippen LogP contribution in [0.5, 0.6) is 0 Å². The molecule has 28 heavy (non-hydrogen) atoms. The molecule has 1 aliphatic rings. The van der Waals surface area contributed by atoms with Gasteiger partial charge in [-0.1, -0.05) is 30.3 Å². The molecule has 0 aliphatic carbocycles. The van der Waals surface area contributed by atoms with Gasteiger partial charge in [-0.15, -0.1) is 0 Å². The standard InChI is InChI=1S/C20H19FN4O3/c21-16-10-14-17(26)15(20(27)28)12-25(11-13-4-2-1-3-5-13)18(14)23-19(16)24-8-6-22-7-9-24/h1-5,10,12,22H,6-9,11H2,(H,27,28). The molecule has 1 fully saturated rings. The Labute approximate surface area is 160 Å². The molecular formula is C20H19FN4O3. The highest BCUT2D eigenvalue weighted by atomic mass is 19.1. The monoisotopic (exact) mass is 382 g/mol. The minimum Gasteiger partial charge on any atom is -0.477 e. The predicted molar refractivity (Wildman–Crippen MR) is 104 cm³/mol. The second kappa shape index (κ2) is 7.40. The summed E-state index contributed by atoms with van der Waals surface area (Å²) >= 11 is 0. The van der Waals surface area contributed by atoms with Crippen LogP contribution in [-0.4, -0.2) is 46.8 Å². The average molecular weight is 382 g/mol. The number of nitrogens with zero attached hydrogens (tertiary/aromatic N) is 3. The van der Waals surface area contributed by atoms with Gasteiger partial charge in [-0.05, 0) is 11.6 Å². The smallest absolute Gasteiger partial charge is 0.341 e. The lowest BCUT2D eigenvalue weighted by Crippen LogP contribution is -2.44. The highest BCUT2D eigenvalue weighted by molar-refractivity contribution is 5.92. The molecule has 4 rings (SSSR count). The Kier molecular flexibility index (Phi) is 4.79. The van der Waals surface area contributed by atoms with Crippen molar-refractivity contribution in [2.24, 2.45) is 0 Å². The van der Waals surface area contributed by atoms with E-state index in [4.69, 9.17) is 0 Å². The molecule has 2 aromatic heterocycles. The number of hydrogen-bond acceptors (Lipinski definition) is 5. The summed E-state index contributed by atoms with van der Waals surface area (Å²) in [5, 5.41) is 12.6. The van der Waals surface area contributed by atoms with Crippen LogP contribution in [0.2, 0.25) is 0 Å². The third kappa shape index (κ3) is 3.34. The Bertz CT molecular complexity index is 1090. The second-order valence-corrected chi connectivity index (χ2v) is 6.69. The zero-order valence-corrected chi connectivity index (χ0v) is 15.1. The number of aromatic nitrogens is 2. The van der Waals surface area contributed by atoms with Gasteiger partial charge in [0.2, 0.25) is 5.43 Å². The van der Waals surface area contributed by atoms with Crippen molar-refractivity contribution in [2.75, 3.05) is 31.1 Å². The lowest BCUT2D eigenvalue weighted by molar-refractivity contribution is 0.0695. The SMILES string of the molecule is O=C(O)c1cn(Cc2ccccc2)c2nc(N3CCNCC3)c(F)cc2c1=O. The minimum absolute atomic E-state index is 0.0350. The first-order chi connectivity index (χ1) is 13.5. The number of rotatable bonds is 4. The van der Waals surface area contributed by atoms with Crippen LogP contribution in [0, 0.1) is 5.82 Å². The summed E-state index contributed by atoms with van der Waals surface area (Å²) in [5.41, 5.74) is 0.0528. The maximum Gasteiger partial charge on any atom is 0.341 e. The molecule has 8 heteroatoms. The van der Waals surface area contributed by atoms with Crippen LogP contribution in [0.4, 0.5) is 10.2 Å². The molecule has 0 unspecified atom stereocenters. The first kappa shape index (κ1) is 18.1. The largest absolute Gasteiger partial charge is 0.477 e. The lowest BCUT2D eigenvalue weighted by Gasteiger charge is -2.29. The van der Waals surface area contributed by atoms with Crippen molar-refractivity contribution < 1.29 is 14.3 Å². The van der Waals surface area contributed by atoms with E-state index in [9.17, 15) is 19.1 Å². The van der Waals surface area contributed by atoms with Crippen LogP contribution in [0.1, 0.15) is 15.9 Å². The summed E-state index contributed by atoms with van der Waals surface area (Å²) in [5.74, 6) is -1.79. The number of nitrogens with one attached hydrogen (secondary N) is 1. The Morgan fingerprint density at radius 1 is 1.21 bits per heavy atom. The van der Waals surface area contributed by atoms with Crippen molar-refractivity contribution in [1.82, 2.24) is 14.9 Å². The molecule has 0 saturated carbocycles. The van der Waals surface area contributed by atoms with E-state index in [1.807, 2.05) is 35.2 Å². The molecule has 0 amide bonds. The fourth-order valence-electron chi connectivity index (χ4n) is 3.43. The molecule has 1 aromatic carbocycles. The molecule has 3 aromatic rings. The summed E-state index contributed by atoms with van der Waals surface area (Å²) in [6.07, 6.45) is 1.28. The van der Waals surface area contributed by atoms with E-state index in [1.165, 1.54) is 6.20 Å². The van der Waals surface area contributed by atoms with Crippen molar-refractivity contribution in [2.45, 2.75) is 6.54 Å². The molecule has 0 atom stereocenters. The maximum atomic E-state index is 14.8. The normalized spacial score (nSPS) is 14.4. The Balaban J connectivity index is 1.92. The number of hydrogen-bond donors (Lipinski definition) is 2. The van der Waals surface area contributed by atoms with Crippen molar-refractivity contribution in [3.63, 3.8) is 0 Å². The topological polar surface area (TPSA) is 87.5 Å². The van der Waals surface area contributed by atoms with Gasteiger partial charge in [-0.2, -0.15) is 0 Å². The number of carboxylic acid groups (broad SMARTS) is 1. The molecule has 0 radical (unpaired) electrons. The fraction of sp³-hybridized carbons (Fsp3) is 0.250. The number of fused-ring (bicyclic) bond motifs is 1.